The van der Waals surface area contributed by atoms with Crippen molar-refractivity contribution in [3.63, 3.8) is 0 Å². The van der Waals surface area contributed by atoms with E-state index < -0.39 is 17.8 Å². The lowest BCUT2D eigenvalue weighted by Gasteiger charge is -2.12. The molecule has 0 aliphatic heterocycles. The number of hydrogen-bond acceptors (Lipinski definition) is 6. The van der Waals surface area contributed by atoms with E-state index in [0.29, 0.717) is 10.6 Å². The average molecular weight is 387 g/mol. The summed E-state index contributed by atoms with van der Waals surface area (Å²) in [6, 6.07) is 6.43. The van der Waals surface area contributed by atoms with Gasteiger partial charge in [0.05, 0.1) is 30.4 Å². The molecule has 0 fully saturated rings. The highest BCUT2D eigenvalue weighted by Gasteiger charge is 2.28. The maximum atomic E-state index is 12.8. The first kappa shape index (κ1) is 19.1. The minimum atomic E-state index is -0.586. The zero-order chi connectivity index (χ0) is 19.4. The molecule has 142 valence electrons. The number of anilines is 1. The van der Waals surface area contributed by atoms with E-state index in [9.17, 15) is 14.4 Å². The molecule has 1 aromatic carbocycles. The second kappa shape index (κ2) is 8.35. The second-order valence-corrected chi connectivity index (χ2v) is 7.23. The quantitative estimate of drug-likeness (QED) is 0.788. The summed E-state index contributed by atoms with van der Waals surface area (Å²) in [4.78, 5) is 38.4. The molecule has 0 spiro atoms. The van der Waals surface area contributed by atoms with Crippen LogP contribution >= 0.6 is 11.3 Å². The number of amides is 1. The van der Waals surface area contributed by atoms with Crippen molar-refractivity contribution in [2.24, 2.45) is 0 Å². The summed E-state index contributed by atoms with van der Waals surface area (Å²) < 4.78 is 9.95. The van der Waals surface area contributed by atoms with E-state index in [1.54, 1.807) is 25.1 Å². The van der Waals surface area contributed by atoms with Gasteiger partial charge < -0.3 is 14.8 Å². The van der Waals surface area contributed by atoms with Gasteiger partial charge in [-0.25, -0.2) is 9.59 Å². The average Bonchev–Trinajstić information content (AvgIpc) is 3.05. The van der Waals surface area contributed by atoms with E-state index in [1.165, 1.54) is 24.5 Å². The molecule has 0 atom stereocenters. The Hall–Kier alpha value is -2.67. The fourth-order valence-electron chi connectivity index (χ4n) is 3.21. The topological polar surface area (TPSA) is 81.7 Å². The minimum absolute atomic E-state index is 0.177. The summed E-state index contributed by atoms with van der Waals surface area (Å²) in [6.07, 6.45) is 3.76. The van der Waals surface area contributed by atoms with E-state index in [1.807, 2.05) is 0 Å². The van der Waals surface area contributed by atoms with E-state index in [0.717, 1.165) is 36.1 Å². The van der Waals surface area contributed by atoms with Gasteiger partial charge in [0.25, 0.3) is 5.91 Å². The van der Waals surface area contributed by atoms with Gasteiger partial charge in [-0.05, 0) is 50.3 Å². The molecule has 0 saturated heterocycles. The fraction of sp³-hybridized carbons (Fsp3) is 0.350. The van der Waals surface area contributed by atoms with Crippen molar-refractivity contribution in [1.29, 1.82) is 0 Å². The van der Waals surface area contributed by atoms with Crippen LogP contribution < -0.4 is 5.32 Å². The van der Waals surface area contributed by atoms with Gasteiger partial charge in [-0.1, -0.05) is 12.1 Å². The van der Waals surface area contributed by atoms with Gasteiger partial charge in [0, 0.05) is 4.88 Å². The third-order valence-corrected chi connectivity index (χ3v) is 5.66. The molecule has 1 amide bonds. The molecular weight excluding hydrogens is 366 g/mol. The highest BCUT2D eigenvalue weighted by Crippen LogP contribution is 2.38. The number of aryl methyl sites for hydroxylation is 1. The lowest BCUT2D eigenvalue weighted by molar-refractivity contribution is 0.0525. The first-order valence-electron chi connectivity index (χ1n) is 8.87. The van der Waals surface area contributed by atoms with Crippen LogP contribution in [-0.4, -0.2) is 31.6 Å². The van der Waals surface area contributed by atoms with Gasteiger partial charge in [0.2, 0.25) is 0 Å². The normalized spacial score (nSPS) is 12.8. The lowest BCUT2D eigenvalue weighted by Crippen LogP contribution is -2.18. The number of rotatable bonds is 5. The minimum Gasteiger partial charge on any atom is -0.465 e. The number of carbonyl (C=O) groups excluding carboxylic acids is 3. The molecule has 0 radical (unpaired) electrons. The zero-order valence-electron chi connectivity index (χ0n) is 15.3. The second-order valence-electron chi connectivity index (χ2n) is 6.13. The van der Waals surface area contributed by atoms with Crippen molar-refractivity contribution in [3.05, 3.63) is 51.4 Å². The SMILES string of the molecule is CCOC(=O)c1c(NC(=O)c2ccccc2C(=O)OC)sc2c1CCCC2. The molecule has 1 N–H and O–H groups in total. The lowest BCUT2D eigenvalue weighted by atomic mass is 9.95. The Morgan fingerprint density at radius 1 is 1.07 bits per heavy atom. The van der Waals surface area contributed by atoms with Crippen LogP contribution in [0, 0.1) is 0 Å². The van der Waals surface area contributed by atoms with Crippen LogP contribution in [0.1, 0.15) is 61.3 Å². The Bertz CT molecular complexity index is 886. The standard InChI is InChI=1S/C20H21NO5S/c1-3-26-20(24)16-14-10-6-7-11-15(14)27-18(16)21-17(22)12-8-4-5-9-13(12)19(23)25-2/h4-5,8-9H,3,6-7,10-11H2,1-2H3,(H,21,22). The summed E-state index contributed by atoms with van der Waals surface area (Å²) in [7, 11) is 1.27. The van der Waals surface area contributed by atoms with Crippen molar-refractivity contribution < 1.29 is 23.9 Å². The molecule has 1 aliphatic rings. The van der Waals surface area contributed by atoms with E-state index in [-0.39, 0.29) is 17.7 Å². The Morgan fingerprint density at radius 3 is 2.48 bits per heavy atom. The van der Waals surface area contributed by atoms with Crippen molar-refractivity contribution in [2.75, 3.05) is 19.0 Å². The third-order valence-electron chi connectivity index (χ3n) is 4.45. The number of thiophene rings is 1. The van der Waals surface area contributed by atoms with Gasteiger partial charge in [-0.2, -0.15) is 0 Å². The number of methoxy groups -OCH3 is 1. The molecule has 2 aromatic rings. The van der Waals surface area contributed by atoms with Gasteiger partial charge >= 0.3 is 11.9 Å². The maximum absolute atomic E-state index is 12.8. The fourth-order valence-corrected chi connectivity index (χ4v) is 4.49. The molecule has 0 bridgehead atoms. The van der Waals surface area contributed by atoms with Crippen LogP contribution in [0.3, 0.4) is 0 Å². The van der Waals surface area contributed by atoms with Gasteiger partial charge in [0.1, 0.15) is 5.00 Å². The molecular formula is C20H21NO5S. The van der Waals surface area contributed by atoms with E-state index >= 15 is 0 Å². The van der Waals surface area contributed by atoms with Crippen molar-refractivity contribution in [1.82, 2.24) is 0 Å². The third kappa shape index (κ3) is 3.88. The molecule has 0 unspecified atom stereocenters. The number of benzene rings is 1. The van der Waals surface area contributed by atoms with Gasteiger partial charge in [-0.3, -0.25) is 4.79 Å². The number of fused-ring (bicyclic) bond motifs is 1. The number of nitrogens with one attached hydrogen (secondary N) is 1. The maximum Gasteiger partial charge on any atom is 0.341 e. The van der Waals surface area contributed by atoms with Crippen molar-refractivity contribution in [2.45, 2.75) is 32.6 Å². The summed E-state index contributed by atoms with van der Waals surface area (Å²) in [5.41, 5.74) is 1.80. The number of ether oxygens (including phenoxy) is 2. The largest absolute Gasteiger partial charge is 0.465 e. The number of esters is 2. The summed E-state index contributed by atoms with van der Waals surface area (Å²) in [6.45, 7) is 2.02. The Morgan fingerprint density at radius 2 is 1.78 bits per heavy atom. The Labute approximate surface area is 161 Å². The van der Waals surface area contributed by atoms with Gasteiger partial charge in [-0.15, -0.1) is 11.3 Å². The summed E-state index contributed by atoms with van der Waals surface area (Å²) >= 11 is 1.41. The van der Waals surface area contributed by atoms with Crippen LogP contribution in [0.2, 0.25) is 0 Å². The van der Waals surface area contributed by atoms with Gasteiger partial charge in [0.15, 0.2) is 0 Å². The molecule has 1 aromatic heterocycles. The first-order chi connectivity index (χ1) is 13.1. The monoisotopic (exact) mass is 387 g/mol. The molecule has 1 aliphatic carbocycles. The molecule has 3 rings (SSSR count). The number of carbonyl (C=O) groups is 3. The first-order valence-corrected chi connectivity index (χ1v) is 9.68. The van der Waals surface area contributed by atoms with Crippen LogP contribution in [-0.2, 0) is 22.3 Å². The van der Waals surface area contributed by atoms with E-state index in [2.05, 4.69) is 5.32 Å². The van der Waals surface area contributed by atoms with Crippen LogP contribution in [0.4, 0.5) is 5.00 Å². The molecule has 1 heterocycles. The van der Waals surface area contributed by atoms with E-state index in [4.69, 9.17) is 9.47 Å². The predicted molar refractivity (Wildman–Crippen MR) is 103 cm³/mol. The highest BCUT2D eigenvalue weighted by molar-refractivity contribution is 7.17. The Balaban J connectivity index is 1.96. The predicted octanol–water partition coefficient (Wildman–Crippen LogP) is 3.84. The highest BCUT2D eigenvalue weighted by atomic mass is 32.1. The zero-order valence-corrected chi connectivity index (χ0v) is 16.1. The Kier molecular flexibility index (Phi) is 5.91. The summed E-state index contributed by atoms with van der Waals surface area (Å²) in [5, 5.41) is 3.29. The van der Waals surface area contributed by atoms with Crippen LogP contribution in [0.5, 0.6) is 0 Å². The smallest absolute Gasteiger partial charge is 0.341 e. The number of hydrogen-bond donors (Lipinski definition) is 1. The van der Waals surface area contributed by atoms with Crippen molar-refractivity contribution >= 4 is 34.2 Å². The molecule has 7 heteroatoms. The molecule has 6 nitrogen and oxygen atoms in total. The molecule has 27 heavy (non-hydrogen) atoms. The molecule has 0 saturated carbocycles. The van der Waals surface area contributed by atoms with Crippen molar-refractivity contribution in [3.8, 4) is 0 Å². The van der Waals surface area contributed by atoms with Crippen LogP contribution in [0.15, 0.2) is 24.3 Å². The van der Waals surface area contributed by atoms with Crippen LogP contribution in [0.25, 0.3) is 0 Å². The summed E-state index contributed by atoms with van der Waals surface area (Å²) in [5.74, 6) is -1.47.